The van der Waals surface area contributed by atoms with E-state index in [0.29, 0.717) is 27.5 Å². The molecule has 2 N–H and O–H groups in total. The number of nitrogens with one attached hydrogen (secondary N) is 2. The Hall–Kier alpha value is -3.73. The molecule has 3 aromatic rings. The normalized spacial score (nSPS) is 12.7. The minimum absolute atomic E-state index is 0.0776. The Bertz CT molecular complexity index is 1200. The van der Waals surface area contributed by atoms with Crippen LogP contribution in [0.4, 0.5) is 0 Å². The van der Waals surface area contributed by atoms with Crippen molar-refractivity contribution in [3.05, 3.63) is 106 Å². The number of halogens is 1. The summed E-state index contributed by atoms with van der Waals surface area (Å²) < 4.78 is 12.4. The Kier molecular flexibility index (Phi) is 12.3. The van der Waals surface area contributed by atoms with Crippen LogP contribution in [-0.2, 0) is 15.7 Å². The summed E-state index contributed by atoms with van der Waals surface area (Å²) in [5, 5.41) is 5.56. The van der Waals surface area contributed by atoms with Gasteiger partial charge in [0.15, 0.2) is 0 Å². The summed E-state index contributed by atoms with van der Waals surface area (Å²) in [5.41, 5.74) is 0.842. The Balaban J connectivity index is 1.81. The molecule has 0 aromatic heterocycles. The minimum atomic E-state index is -3.38. The number of carbonyl (C=O) groups excluding carboxylic acids is 4. The van der Waals surface area contributed by atoms with Crippen LogP contribution in [0.5, 0.6) is 0 Å². The Labute approximate surface area is 249 Å². The van der Waals surface area contributed by atoms with Crippen molar-refractivity contribution in [2.24, 2.45) is 11.8 Å². The molecule has 2 amide bonds. The van der Waals surface area contributed by atoms with Crippen LogP contribution in [0.1, 0.15) is 61.3 Å². The van der Waals surface area contributed by atoms with Crippen molar-refractivity contribution >= 4 is 44.4 Å². The van der Waals surface area contributed by atoms with Crippen LogP contribution in [-0.4, -0.2) is 35.8 Å². The van der Waals surface area contributed by atoms with E-state index < -0.39 is 56.5 Å². The van der Waals surface area contributed by atoms with E-state index in [4.69, 9.17) is 6.13 Å². The van der Waals surface area contributed by atoms with E-state index in [1.54, 1.807) is 84.9 Å². The SMILES string of the molecule is CC(C)C[C@H](NC(=O)c1ccccc1)C(=O)OI(OC(=O)[C@H](CC(C)C)NC(=O)c1ccccc1)c1ccccc1. The van der Waals surface area contributed by atoms with E-state index in [1.807, 2.05) is 33.8 Å². The number of carbonyl (C=O) groups is 4. The van der Waals surface area contributed by atoms with Gasteiger partial charge in [-0.1, -0.05) is 0 Å². The van der Waals surface area contributed by atoms with Gasteiger partial charge < -0.3 is 0 Å². The molecule has 3 rings (SSSR count). The Morgan fingerprint density at radius 3 is 1.27 bits per heavy atom. The molecule has 8 nitrogen and oxygen atoms in total. The van der Waals surface area contributed by atoms with Crippen molar-refractivity contribution in [3.8, 4) is 0 Å². The molecular weight excluding hydrogens is 635 g/mol. The first kappa shape index (κ1) is 31.8. The molecule has 0 aliphatic rings. The Morgan fingerprint density at radius 2 is 0.927 bits per heavy atom. The van der Waals surface area contributed by atoms with E-state index in [1.165, 1.54) is 0 Å². The summed E-state index contributed by atoms with van der Waals surface area (Å²) in [7, 11) is 0. The molecule has 0 fully saturated rings. The van der Waals surface area contributed by atoms with Gasteiger partial charge in [0, 0.05) is 0 Å². The van der Waals surface area contributed by atoms with Crippen molar-refractivity contribution < 1.29 is 25.3 Å². The van der Waals surface area contributed by atoms with Crippen LogP contribution in [0.15, 0.2) is 91.0 Å². The predicted octanol–water partition coefficient (Wildman–Crippen LogP) is 5.97. The van der Waals surface area contributed by atoms with Gasteiger partial charge in [0.05, 0.1) is 0 Å². The second-order valence-electron chi connectivity index (χ2n) is 10.3. The topological polar surface area (TPSA) is 111 Å². The average Bonchev–Trinajstić information content (AvgIpc) is 2.96. The average molecular weight is 673 g/mol. The molecule has 9 heteroatoms. The fourth-order valence-electron chi connectivity index (χ4n) is 3.90. The van der Waals surface area contributed by atoms with Crippen molar-refractivity contribution in [1.82, 2.24) is 10.6 Å². The molecule has 0 saturated carbocycles. The molecule has 2 atom stereocenters. The molecule has 0 bridgehead atoms. The van der Waals surface area contributed by atoms with E-state index >= 15 is 0 Å². The molecule has 0 saturated heterocycles. The first-order valence-corrected chi connectivity index (χ1v) is 16.4. The maximum atomic E-state index is 13.5. The zero-order valence-corrected chi connectivity index (χ0v) is 25.9. The van der Waals surface area contributed by atoms with E-state index in [9.17, 15) is 19.2 Å². The summed E-state index contributed by atoms with van der Waals surface area (Å²) >= 11 is -3.38. The summed E-state index contributed by atoms with van der Waals surface area (Å²) in [6.07, 6.45) is 0.681. The van der Waals surface area contributed by atoms with Crippen LogP contribution >= 0.6 is 20.6 Å². The number of amides is 2. The number of hydrogen-bond donors (Lipinski definition) is 2. The molecule has 0 spiro atoms. The molecule has 0 unspecified atom stereocenters. The third kappa shape index (κ3) is 10.3. The Morgan fingerprint density at radius 1 is 0.585 bits per heavy atom. The zero-order valence-electron chi connectivity index (χ0n) is 23.7. The van der Waals surface area contributed by atoms with Gasteiger partial charge in [-0.2, -0.15) is 0 Å². The second kappa shape index (κ2) is 15.9. The van der Waals surface area contributed by atoms with Gasteiger partial charge in [0.2, 0.25) is 0 Å². The van der Waals surface area contributed by atoms with Crippen LogP contribution in [0.25, 0.3) is 0 Å². The quantitative estimate of drug-likeness (QED) is 0.217. The number of hydrogen-bond acceptors (Lipinski definition) is 6. The van der Waals surface area contributed by atoms with Crippen LogP contribution in [0.3, 0.4) is 0 Å². The van der Waals surface area contributed by atoms with Crippen molar-refractivity contribution in [2.45, 2.75) is 52.6 Å². The molecule has 0 aliphatic heterocycles. The zero-order chi connectivity index (χ0) is 29.8. The summed E-state index contributed by atoms with van der Waals surface area (Å²) in [5.74, 6) is -1.98. The molecule has 0 heterocycles. The summed E-state index contributed by atoms with van der Waals surface area (Å²) in [6, 6.07) is 24.2. The molecule has 0 aliphatic carbocycles. The summed E-state index contributed by atoms with van der Waals surface area (Å²) in [6.45, 7) is 7.76. The van der Waals surface area contributed by atoms with E-state index in [0.717, 1.165) is 0 Å². The van der Waals surface area contributed by atoms with Gasteiger partial charge in [-0.25, -0.2) is 0 Å². The predicted molar refractivity (Wildman–Crippen MR) is 166 cm³/mol. The third-order valence-electron chi connectivity index (χ3n) is 5.87. The van der Waals surface area contributed by atoms with Gasteiger partial charge in [-0.15, -0.1) is 0 Å². The molecular formula is C32H37IN2O6. The first-order valence-electron chi connectivity index (χ1n) is 13.6. The van der Waals surface area contributed by atoms with Gasteiger partial charge in [-0.3, -0.25) is 0 Å². The molecule has 3 aromatic carbocycles. The fourth-order valence-corrected chi connectivity index (χ4v) is 6.90. The van der Waals surface area contributed by atoms with Crippen molar-refractivity contribution in [3.63, 3.8) is 0 Å². The van der Waals surface area contributed by atoms with Crippen LogP contribution in [0.2, 0.25) is 0 Å². The fraction of sp³-hybridized carbons (Fsp3) is 0.312. The number of rotatable bonds is 13. The van der Waals surface area contributed by atoms with Crippen molar-refractivity contribution in [1.29, 1.82) is 0 Å². The first-order chi connectivity index (χ1) is 19.6. The van der Waals surface area contributed by atoms with Gasteiger partial charge in [0.25, 0.3) is 0 Å². The van der Waals surface area contributed by atoms with Gasteiger partial charge in [0.1, 0.15) is 0 Å². The number of benzene rings is 3. The van der Waals surface area contributed by atoms with Crippen LogP contribution in [0, 0.1) is 15.4 Å². The van der Waals surface area contributed by atoms with Crippen molar-refractivity contribution in [2.75, 3.05) is 0 Å². The molecule has 41 heavy (non-hydrogen) atoms. The van der Waals surface area contributed by atoms with Crippen LogP contribution < -0.4 is 10.6 Å². The van der Waals surface area contributed by atoms with Gasteiger partial charge >= 0.3 is 250 Å². The second-order valence-corrected chi connectivity index (χ2v) is 13.7. The summed E-state index contributed by atoms with van der Waals surface area (Å²) in [4.78, 5) is 52.6. The maximum absolute atomic E-state index is 13.5. The standard InChI is InChI=1S/C32H37IN2O6/c1-22(2)20-27(34-29(36)24-14-8-5-9-15-24)31(38)40-33(26-18-12-7-13-19-26)41-32(39)28(21-23(3)4)35-30(37)25-16-10-6-11-17-25/h5-19,22-23,27-28H,20-21H2,1-4H3,(H,34,36)(H,35,37)/t27-,28-/m0/s1. The third-order valence-corrected chi connectivity index (χ3v) is 9.27. The molecule has 218 valence electrons. The van der Waals surface area contributed by atoms with E-state index in [-0.39, 0.29) is 11.8 Å². The molecule has 0 radical (unpaired) electrons. The van der Waals surface area contributed by atoms with E-state index in [2.05, 4.69) is 10.6 Å². The van der Waals surface area contributed by atoms with Gasteiger partial charge in [-0.05, 0) is 0 Å². The monoisotopic (exact) mass is 672 g/mol.